The van der Waals surface area contributed by atoms with Crippen LogP contribution in [0, 0.1) is 11.3 Å². The van der Waals surface area contributed by atoms with Crippen LogP contribution in [0.5, 0.6) is 0 Å². The predicted molar refractivity (Wildman–Crippen MR) is 78.2 cm³/mol. The summed E-state index contributed by atoms with van der Waals surface area (Å²) in [7, 11) is 0. The maximum absolute atomic E-state index is 12.1. The molecule has 0 spiro atoms. The molecule has 4 nitrogen and oxygen atoms in total. The van der Waals surface area contributed by atoms with Gasteiger partial charge in [-0.1, -0.05) is 44.2 Å². The zero-order valence-electron chi connectivity index (χ0n) is 12.5. The average Bonchev–Trinajstić information content (AvgIpc) is 2.38. The fourth-order valence-corrected chi connectivity index (χ4v) is 1.98. The maximum Gasteiger partial charge on any atom is 0.310 e. The van der Waals surface area contributed by atoms with Crippen LogP contribution in [0.4, 0.5) is 0 Å². The quantitative estimate of drug-likeness (QED) is 0.840. The third kappa shape index (κ3) is 3.83. The average molecular weight is 277 g/mol. The molecule has 110 valence electrons. The molecule has 0 radical (unpaired) electrons. The summed E-state index contributed by atoms with van der Waals surface area (Å²) in [6.45, 7) is 7.15. The molecule has 0 fully saturated rings. The minimum Gasteiger partial charge on any atom is -0.481 e. The SMILES string of the molecule is CC(C)C(C)(CC(=O)N[C@H](C)c1ccccc1)C(=O)O. The van der Waals surface area contributed by atoms with Crippen molar-refractivity contribution >= 4 is 11.9 Å². The van der Waals surface area contributed by atoms with Gasteiger partial charge in [-0.05, 0) is 25.3 Å². The lowest BCUT2D eigenvalue weighted by Gasteiger charge is -2.29. The van der Waals surface area contributed by atoms with E-state index < -0.39 is 11.4 Å². The van der Waals surface area contributed by atoms with Crippen molar-refractivity contribution in [3.05, 3.63) is 35.9 Å². The van der Waals surface area contributed by atoms with Gasteiger partial charge in [0.2, 0.25) is 5.91 Å². The summed E-state index contributed by atoms with van der Waals surface area (Å²) in [5, 5.41) is 12.2. The van der Waals surface area contributed by atoms with Crippen molar-refractivity contribution in [1.82, 2.24) is 5.32 Å². The van der Waals surface area contributed by atoms with Gasteiger partial charge in [0.05, 0.1) is 11.5 Å². The number of aliphatic carboxylic acids is 1. The van der Waals surface area contributed by atoms with Gasteiger partial charge in [-0.3, -0.25) is 9.59 Å². The van der Waals surface area contributed by atoms with E-state index in [9.17, 15) is 14.7 Å². The van der Waals surface area contributed by atoms with E-state index in [2.05, 4.69) is 5.32 Å². The van der Waals surface area contributed by atoms with Crippen LogP contribution < -0.4 is 5.32 Å². The summed E-state index contributed by atoms with van der Waals surface area (Å²) in [5.41, 5.74) is -0.0389. The molecule has 0 bridgehead atoms. The van der Waals surface area contributed by atoms with Crippen molar-refractivity contribution in [2.45, 2.75) is 40.2 Å². The summed E-state index contributed by atoms with van der Waals surface area (Å²) in [5.74, 6) is -1.28. The minimum atomic E-state index is -1.04. The van der Waals surface area contributed by atoms with E-state index in [1.807, 2.05) is 51.1 Å². The van der Waals surface area contributed by atoms with Crippen LogP contribution in [0.15, 0.2) is 30.3 Å². The molecule has 2 atom stereocenters. The first-order valence-corrected chi connectivity index (χ1v) is 6.85. The Morgan fingerprint density at radius 1 is 1.20 bits per heavy atom. The Hall–Kier alpha value is -1.84. The lowest BCUT2D eigenvalue weighted by Crippen LogP contribution is -2.39. The Labute approximate surface area is 120 Å². The van der Waals surface area contributed by atoms with E-state index in [4.69, 9.17) is 0 Å². The molecule has 0 aromatic heterocycles. The van der Waals surface area contributed by atoms with Gasteiger partial charge in [-0.15, -0.1) is 0 Å². The van der Waals surface area contributed by atoms with Crippen LogP contribution in [0.3, 0.4) is 0 Å². The molecule has 1 aromatic rings. The van der Waals surface area contributed by atoms with E-state index in [1.54, 1.807) is 6.92 Å². The van der Waals surface area contributed by atoms with Gasteiger partial charge < -0.3 is 10.4 Å². The summed E-state index contributed by atoms with van der Waals surface area (Å²) in [6.07, 6.45) is -0.0167. The molecule has 1 amide bonds. The number of hydrogen-bond acceptors (Lipinski definition) is 2. The second kappa shape index (κ2) is 6.55. The smallest absolute Gasteiger partial charge is 0.310 e. The highest BCUT2D eigenvalue weighted by Crippen LogP contribution is 2.31. The maximum atomic E-state index is 12.1. The molecule has 1 rings (SSSR count). The van der Waals surface area contributed by atoms with Gasteiger partial charge in [0, 0.05) is 6.42 Å². The molecule has 2 N–H and O–H groups in total. The second-order valence-corrected chi connectivity index (χ2v) is 5.75. The van der Waals surface area contributed by atoms with Gasteiger partial charge in [0.25, 0.3) is 0 Å². The molecule has 1 unspecified atom stereocenters. The Balaban J connectivity index is 2.70. The number of carboxylic acid groups (broad SMARTS) is 1. The number of carbonyl (C=O) groups is 2. The van der Waals surface area contributed by atoms with E-state index in [-0.39, 0.29) is 24.3 Å². The summed E-state index contributed by atoms with van der Waals surface area (Å²) in [4.78, 5) is 23.5. The Bertz CT molecular complexity index is 470. The molecule has 0 saturated heterocycles. The first-order valence-electron chi connectivity index (χ1n) is 6.85. The summed E-state index contributed by atoms with van der Waals surface area (Å²) in [6, 6.07) is 9.47. The zero-order chi connectivity index (χ0) is 15.3. The molecule has 0 aliphatic carbocycles. The highest BCUT2D eigenvalue weighted by atomic mass is 16.4. The van der Waals surface area contributed by atoms with Gasteiger partial charge >= 0.3 is 5.97 Å². The first kappa shape index (κ1) is 16.2. The Morgan fingerprint density at radius 3 is 2.20 bits per heavy atom. The number of carboxylic acids is 1. The monoisotopic (exact) mass is 277 g/mol. The zero-order valence-corrected chi connectivity index (χ0v) is 12.5. The van der Waals surface area contributed by atoms with E-state index in [0.29, 0.717) is 0 Å². The van der Waals surface area contributed by atoms with Crippen molar-refractivity contribution in [2.75, 3.05) is 0 Å². The standard InChI is InChI=1S/C16H23NO3/c1-11(2)16(4,15(19)20)10-14(18)17-12(3)13-8-6-5-7-9-13/h5-9,11-12H,10H2,1-4H3,(H,17,18)(H,19,20)/t12-,16?/m1/s1. The van der Waals surface area contributed by atoms with Gasteiger partial charge in [-0.25, -0.2) is 0 Å². The van der Waals surface area contributed by atoms with Crippen LogP contribution in [0.2, 0.25) is 0 Å². The highest BCUT2D eigenvalue weighted by Gasteiger charge is 2.38. The predicted octanol–water partition coefficient (Wildman–Crippen LogP) is 3.00. The molecule has 20 heavy (non-hydrogen) atoms. The summed E-state index contributed by atoms with van der Waals surface area (Å²) >= 11 is 0. The van der Waals surface area contributed by atoms with Crippen LogP contribution in [-0.4, -0.2) is 17.0 Å². The minimum absolute atomic E-state index is 0.0167. The van der Waals surface area contributed by atoms with Crippen LogP contribution in [-0.2, 0) is 9.59 Å². The third-order valence-corrected chi connectivity index (χ3v) is 3.97. The Morgan fingerprint density at radius 2 is 1.75 bits per heavy atom. The number of hydrogen-bond donors (Lipinski definition) is 2. The number of nitrogens with one attached hydrogen (secondary N) is 1. The third-order valence-electron chi connectivity index (χ3n) is 3.97. The number of carbonyl (C=O) groups excluding carboxylic acids is 1. The van der Waals surface area contributed by atoms with Crippen molar-refractivity contribution in [3.63, 3.8) is 0 Å². The molecule has 0 aliphatic heterocycles. The number of rotatable bonds is 6. The van der Waals surface area contributed by atoms with E-state index in [1.165, 1.54) is 0 Å². The molecule has 0 aliphatic rings. The fraction of sp³-hybridized carbons (Fsp3) is 0.500. The van der Waals surface area contributed by atoms with Crippen LogP contribution >= 0.6 is 0 Å². The van der Waals surface area contributed by atoms with Crippen molar-refractivity contribution in [1.29, 1.82) is 0 Å². The van der Waals surface area contributed by atoms with E-state index >= 15 is 0 Å². The lowest BCUT2D eigenvalue weighted by molar-refractivity contribution is -0.153. The molecular weight excluding hydrogens is 254 g/mol. The van der Waals surface area contributed by atoms with Crippen molar-refractivity contribution in [3.8, 4) is 0 Å². The van der Waals surface area contributed by atoms with Gasteiger partial charge in [0.1, 0.15) is 0 Å². The van der Waals surface area contributed by atoms with Crippen LogP contribution in [0.1, 0.15) is 45.7 Å². The molecular formula is C16H23NO3. The van der Waals surface area contributed by atoms with Gasteiger partial charge in [0.15, 0.2) is 0 Å². The molecule has 0 heterocycles. The highest BCUT2D eigenvalue weighted by molar-refractivity contribution is 5.85. The first-order chi connectivity index (χ1) is 9.27. The lowest BCUT2D eigenvalue weighted by atomic mass is 9.76. The van der Waals surface area contributed by atoms with Gasteiger partial charge in [-0.2, -0.15) is 0 Å². The summed E-state index contributed by atoms with van der Waals surface area (Å²) < 4.78 is 0. The Kier molecular flexibility index (Phi) is 5.31. The molecule has 0 saturated carbocycles. The number of amides is 1. The second-order valence-electron chi connectivity index (χ2n) is 5.75. The molecule has 4 heteroatoms. The van der Waals surface area contributed by atoms with Crippen molar-refractivity contribution < 1.29 is 14.7 Å². The van der Waals surface area contributed by atoms with Crippen LogP contribution in [0.25, 0.3) is 0 Å². The fourth-order valence-electron chi connectivity index (χ4n) is 1.98. The van der Waals surface area contributed by atoms with Crippen molar-refractivity contribution in [2.24, 2.45) is 11.3 Å². The molecule has 1 aromatic carbocycles. The number of benzene rings is 1. The largest absolute Gasteiger partial charge is 0.481 e. The topological polar surface area (TPSA) is 66.4 Å². The normalized spacial score (nSPS) is 15.4. The van der Waals surface area contributed by atoms with E-state index in [0.717, 1.165) is 5.56 Å².